The molecule has 1 saturated carbocycles. The minimum Gasteiger partial charge on any atom is -0.378 e. The number of aromatic amines is 1. The van der Waals surface area contributed by atoms with Gasteiger partial charge in [-0.2, -0.15) is 0 Å². The van der Waals surface area contributed by atoms with Gasteiger partial charge in [0.2, 0.25) is 0 Å². The summed E-state index contributed by atoms with van der Waals surface area (Å²) in [6.07, 6.45) is 4.71. The summed E-state index contributed by atoms with van der Waals surface area (Å²) in [5.41, 5.74) is 3.34. The Labute approximate surface area is 202 Å². The lowest BCUT2D eigenvalue weighted by Gasteiger charge is -2.30. The van der Waals surface area contributed by atoms with Crippen LogP contribution < -0.4 is 5.56 Å². The first-order valence-electron chi connectivity index (χ1n) is 11.6. The molecule has 8 heteroatoms. The Morgan fingerprint density at radius 3 is 2.71 bits per heavy atom. The van der Waals surface area contributed by atoms with Crippen molar-refractivity contribution in [3.05, 3.63) is 91.9 Å². The quantitative estimate of drug-likeness (QED) is 0.583. The van der Waals surface area contributed by atoms with Gasteiger partial charge in [-0.15, -0.1) is 0 Å². The van der Waals surface area contributed by atoms with Gasteiger partial charge in [-0.25, -0.2) is 4.98 Å². The highest BCUT2D eigenvalue weighted by Gasteiger charge is 2.49. The summed E-state index contributed by atoms with van der Waals surface area (Å²) < 4.78 is 0. The maximum absolute atomic E-state index is 13.1. The lowest BCUT2D eigenvalue weighted by molar-refractivity contribution is -0.141. The van der Waals surface area contributed by atoms with Gasteiger partial charge in [0, 0.05) is 30.4 Å². The zero-order chi connectivity index (χ0) is 24.0. The van der Waals surface area contributed by atoms with Crippen molar-refractivity contribution in [1.82, 2.24) is 19.9 Å². The highest BCUT2D eigenvalue weighted by molar-refractivity contribution is 6.30. The average molecular weight is 479 g/mol. The molecule has 2 aliphatic rings. The molecule has 1 amide bonds. The molecule has 0 bridgehead atoms. The van der Waals surface area contributed by atoms with Crippen molar-refractivity contribution >= 4 is 17.5 Å². The van der Waals surface area contributed by atoms with Crippen LogP contribution in [0.15, 0.2) is 47.5 Å². The number of nitrogens with one attached hydrogen (secondary N) is 1. The van der Waals surface area contributed by atoms with Crippen LogP contribution in [0.25, 0.3) is 0 Å². The summed E-state index contributed by atoms with van der Waals surface area (Å²) in [7, 11) is 0. The Morgan fingerprint density at radius 1 is 1.21 bits per heavy atom. The second kappa shape index (κ2) is 8.64. The molecule has 176 valence electrons. The van der Waals surface area contributed by atoms with Crippen molar-refractivity contribution in [3.8, 4) is 0 Å². The monoisotopic (exact) mass is 478 g/mol. The van der Waals surface area contributed by atoms with Gasteiger partial charge in [0.25, 0.3) is 11.5 Å². The minimum absolute atomic E-state index is 0.117. The maximum Gasteiger partial charge on any atom is 0.256 e. The molecule has 3 heterocycles. The third kappa shape index (κ3) is 4.03. The summed E-state index contributed by atoms with van der Waals surface area (Å²) in [6.45, 7) is 4.77. The number of hydrogen-bond donors (Lipinski definition) is 2. The number of hydrogen-bond acceptors (Lipinski definition) is 5. The van der Waals surface area contributed by atoms with Gasteiger partial charge in [-0.3, -0.25) is 14.6 Å². The number of halogens is 1. The van der Waals surface area contributed by atoms with E-state index < -0.39 is 12.0 Å². The lowest BCUT2D eigenvalue weighted by atomic mass is 9.92. The van der Waals surface area contributed by atoms with E-state index in [0.29, 0.717) is 40.9 Å². The smallest absolute Gasteiger partial charge is 0.256 e. The highest BCUT2D eigenvalue weighted by Crippen LogP contribution is 2.52. The molecule has 1 fully saturated rings. The molecule has 3 aromatic rings. The second-order valence-corrected chi connectivity index (χ2v) is 9.99. The highest BCUT2D eigenvalue weighted by atomic mass is 35.5. The van der Waals surface area contributed by atoms with Crippen LogP contribution in [0.4, 0.5) is 0 Å². The molecule has 7 nitrogen and oxygen atoms in total. The molecule has 2 N–H and O–H groups in total. The maximum atomic E-state index is 13.1. The second-order valence-electron chi connectivity index (χ2n) is 9.55. The Balaban J connectivity index is 1.40. The van der Waals surface area contributed by atoms with Crippen LogP contribution in [0, 0.1) is 0 Å². The standard InChI is InChI=1S/C26H27ClN4O3/c1-15(2)17-10-18(13-28-12-17)26(7-8-26)25-29-21-6-9-31(14-20(21)23(33)30-25)24(34)22(32)16-4-3-5-19(27)11-16/h3-5,10-13,15,22,32H,6-9,14H2,1-2H3,(H,29,30,33)/t22-/m1/s1. The van der Waals surface area contributed by atoms with Crippen LogP contribution in [0.2, 0.25) is 5.02 Å². The summed E-state index contributed by atoms with van der Waals surface area (Å²) in [6, 6.07) is 8.77. The Kier molecular flexibility index (Phi) is 5.78. The SMILES string of the molecule is CC(C)c1cncc(C2(c3nc4c(c(=O)[nH]3)CN(C(=O)[C@H](O)c3cccc(Cl)c3)CC4)CC2)c1. The topological polar surface area (TPSA) is 99.2 Å². The zero-order valence-corrected chi connectivity index (χ0v) is 20.0. The van der Waals surface area contributed by atoms with Gasteiger partial charge < -0.3 is 15.0 Å². The molecule has 5 rings (SSSR count). The van der Waals surface area contributed by atoms with E-state index in [1.807, 2.05) is 12.4 Å². The van der Waals surface area contributed by atoms with Crippen molar-refractivity contribution in [2.45, 2.75) is 57.1 Å². The first-order valence-corrected chi connectivity index (χ1v) is 12.0. The third-order valence-electron chi connectivity index (χ3n) is 6.96. The van der Waals surface area contributed by atoms with Gasteiger partial charge in [-0.1, -0.05) is 43.6 Å². The summed E-state index contributed by atoms with van der Waals surface area (Å²) in [5.74, 6) is 0.592. The predicted octanol–water partition coefficient (Wildman–Crippen LogP) is 3.64. The normalized spacial score (nSPS) is 17.4. The van der Waals surface area contributed by atoms with Gasteiger partial charge in [0.15, 0.2) is 6.10 Å². The Morgan fingerprint density at radius 2 is 2.00 bits per heavy atom. The van der Waals surface area contributed by atoms with Crippen LogP contribution in [-0.4, -0.2) is 37.4 Å². The van der Waals surface area contributed by atoms with E-state index in [9.17, 15) is 14.7 Å². The fraction of sp³-hybridized carbons (Fsp3) is 0.385. The third-order valence-corrected chi connectivity index (χ3v) is 7.20. The number of H-pyrrole nitrogens is 1. The molecular weight excluding hydrogens is 452 g/mol. The summed E-state index contributed by atoms with van der Waals surface area (Å²) in [5, 5.41) is 11.0. The van der Waals surface area contributed by atoms with E-state index >= 15 is 0 Å². The number of fused-ring (bicyclic) bond motifs is 1. The van der Waals surface area contributed by atoms with Gasteiger partial charge in [-0.05, 0) is 47.6 Å². The molecule has 1 aliphatic carbocycles. The number of amides is 1. The average Bonchev–Trinajstić information content (AvgIpc) is 3.65. The fourth-order valence-corrected chi connectivity index (χ4v) is 4.85. The number of aliphatic hydroxyl groups is 1. The van der Waals surface area contributed by atoms with Crippen LogP contribution in [0.3, 0.4) is 0 Å². The van der Waals surface area contributed by atoms with Crippen molar-refractivity contribution in [2.75, 3.05) is 6.54 Å². The zero-order valence-electron chi connectivity index (χ0n) is 19.2. The molecule has 34 heavy (non-hydrogen) atoms. The number of pyridine rings is 1. The van der Waals surface area contributed by atoms with Gasteiger partial charge >= 0.3 is 0 Å². The molecule has 1 aromatic carbocycles. The summed E-state index contributed by atoms with van der Waals surface area (Å²) >= 11 is 6.00. The van der Waals surface area contributed by atoms with Crippen molar-refractivity contribution in [2.24, 2.45) is 0 Å². The number of rotatable bonds is 5. The van der Waals surface area contributed by atoms with Gasteiger partial charge in [0.05, 0.1) is 23.2 Å². The number of carbonyl (C=O) groups is 1. The lowest BCUT2D eigenvalue weighted by Crippen LogP contribution is -2.42. The van der Waals surface area contributed by atoms with E-state index in [0.717, 1.165) is 29.7 Å². The van der Waals surface area contributed by atoms with E-state index in [4.69, 9.17) is 16.6 Å². The van der Waals surface area contributed by atoms with Crippen molar-refractivity contribution in [3.63, 3.8) is 0 Å². The van der Waals surface area contributed by atoms with Crippen LogP contribution in [0.5, 0.6) is 0 Å². The van der Waals surface area contributed by atoms with E-state index in [-0.39, 0.29) is 17.5 Å². The largest absolute Gasteiger partial charge is 0.378 e. The molecular formula is C26H27ClN4O3. The number of nitrogens with zero attached hydrogens (tertiary/aromatic N) is 3. The molecule has 1 aliphatic heterocycles. The Hall–Kier alpha value is -3.03. The van der Waals surface area contributed by atoms with Crippen LogP contribution >= 0.6 is 11.6 Å². The van der Waals surface area contributed by atoms with E-state index in [2.05, 4.69) is 29.9 Å². The van der Waals surface area contributed by atoms with Crippen molar-refractivity contribution < 1.29 is 9.90 Å². The number of aliphatic hydroxyl groups excluding tert-OH is 1. The van der Waals surface area contributed by atoms with Crippen molar-refractivity contribution in [1.29, 1.82) is 0 Å². The first kappa shape index (κ1) is 22.7. The minimum atomic E-state index is -1.33. The fourth-order valence-electron chi connectivity index (χ4n) is 4.65. The molecule has 0 radical (unpaired) electrons. The molecule has 2 aromatic heterocycles. The summed E-state index contributed by atoms with van der Waals surface area (Å²) in [4.78, 5) is 39.8. The first-order chi connectivity index (χ1) is 16.3. The Bertz CT molecular complexity index is 1320. The molecule has 1 atom stereocenters. The van der Waals surface area contributed by atoms with E-state index in [1.54, 1.807) is 24.3 Å². The van der Waals surface area contributed by atoms with Crippen LogP contribution in [-0.2, 0) is 23.2 Å². The number of benzene rings is 1. The molecule has 0 saturated heterocycles. The number of carbonyl (C=O) groups excluding carboxylic acids is 1. The molecule has 0 unspecified atom stereocenters. The van der Waals surface area contributed by atoms with Gasteiger partial charge in [0.1, 0.15) is 5.82 Å². The van der Waals surface area contributed by atoms with E-state index in [1.165, 1.54) is 4.90 Å². The molecule has 0 spiro atoms. The van der Waals surface area contributed by atoms with Crippen LogP contribution in [0.1, 0.15) is 72.5 Å². The predicted molar refractivity (Wildman–Crippen MR) is 129 cm³/mol. The number of aromatic nitrogens is 3.